The zero-order chi connectivity index (χ0) is 12.3. The van der Waals surface area contributed by atoms with Gasteiger partial charge in [0.15, 0.2) is 0 Å². The van der Waals surface area contributed by atoms with Crippen LogP contribution in [0.5, 0.6) is 0 Å². The van der Waals surface area contributed by atoms with Crippen LogP contribution in [-0.2, 0) is 0 Å². The highest BCUT2D eigenvalue weighted by Crippen LogP contribution is 2.26. The van der Waals surface area contributed by atoms with Gasteiger partial charge in [-0.2, -0.15) is 0 Å². The number of aryl methyl sites for hydroxylation is 1. The van der Waals surface area contributed by atoms with E-state index in [1.165, 1.54) is 32.1 Å². The van der Waals surface area contributed by atoms with E-state index in [-0.39, 0.29) is 0 Å². The molecule has 0 unspecified atom stereocenters. The Morgan fingerprint density at radius 2 is 2.00 bits per heavy atom. The lowest BCUT2D eigenvalue weighted by Crippen LogP contribution is -2.37. The summed E-state index contributed by atoms with van der Waals surface area (Å²) in [6.45, 7) is 5.07. The second-order valence-electron chi connectivity index (χ2n) is 4.78. The molecular weight excluding hydrogens is 212 g/mol. The fraction of sp³-hybridized carbons (Fsp3) is 0.692. The van der Waals surface area contributed by atoms with Crippen LogP contribution in [0.3, 0.4) is 0 Å². The van der Waals surface area contributed by atoms with E-state index in [4.69, 9.17) is 5.73 Å². The molecule has 1 fully saturated rings. The van der Waals surface area contributed by atoms with Gasteiger partial charge in [-0.05, 0) is 26.7 Å². The normalized spacial score (nSPS) is 17.1. The molecule has 0 atom stereocenters. The molecule has 0 aliphatic heterocycles. The summed E-state index contributed by atoms with van der Waals surface area (Å²) in [6.07, 6.45) is 6.59. The highest BCUT2D eigenvalue weighted by atomic mass is 15.2. The Kier molecular flexibility index (Phi) is 3.82. The lowest BCUT2D eigenvalue weighted by Gasteiger charge is -2.34. The first-order valence-electron chi connectivity index (χ1n) is 6.58. The minimum Gasteiger partial charge on any atom is -0.384 e. The molecule has 2 rings (SSSR count). The number of hydrogen-bond acceptors (Lipinski definition) is 4. The largest absolute Gasteiger partial charge is 0.384 e. The molecule has 4 nitrogen and oxygen atoms in total. The fourth-order valence-electron chi connectivity index (χ4n) is 2.72. The van der Waals surface area contributed by atoms with Crippen molar-refractivity contribution in [1.29, 1.82) is 0 Å². The van der Waals surface area contributed by atoms with Crippen molar-refractivity contribution >= 4 is 11.6 Å². The highest BCUT2D eigenvalue weighted by molar-refractivity contribution is 5.47. The molecule has 1 saturated carbocycles. The molecule has 1 aromatic rings. The van der Waals surface area contributed by atoms with Crippen molar-refractivity contribution in [3.8, 4) is 0 Å². The molecule has 0 saturated heterocycles. The first kappa shape index (κ1) is 12.1. The maximum absolute atomic E-state index is 5.80. The molecule has 1 heterocycles. The number of anilines is 2. The second kappa shape index (κ2) is 5.34. The standard InChI is InChI=1S/C13H22N4/c1-3-17(11-7-5-4-6-8-11)13-9-12(14)15-10(2)16-13/h9,11H,3-8H2,1-2H3,(H2,14,15,16). The SMILES string of the molecule is CCN(c1cc(N)nc(C)n1)C1CCCCC1. The van der Waals surface area contributed by atoms with Gasteiger partial charge in [-0.25, -0.2) is 9.97 Å². The van der Waals surface area contributed by atoms with Crippen molar-refractivity contribution in [2.45, 2.75) is 52.0 Å². The summed E-state index contributed by atoms with van der Waals surface area (Å²) >= 11 is 0. The molecule has 17 heavy (non-hydrogen) atoms. The number of aromatic nitrogens is 2. The van der Waals surface area contributed by atoms with Crippen LogP contribution in [0.2, 0.25) is 0 Å². The van der Waals surface area contributed by atoms with Crippen LogP contribution in [-0.4, -0.2) is 22.6 Å². The monoisotopic (exact) mass is 234 g/mol. The summed E-state index contributed by atoms with van der Waals surface area (Å²) in [6, 6.07) is 2.52. The van der Waals surface area contributed by atoms with Gasteiger partial charge in [0, 0.05) is 18.7 Å². The molecule has 0 aromatic carbocycles. The van der Waals surface area contributed by atoms with Gasteiger partial charge in [0.1, 0.15) is 17.5 Å². The molecule has 0 amide bonds. The maximum Gasteiger partial charge on any atom is 0.134 e. The number of nitrogens with zero attached hydrogens (tertiary/aromatic N) is 3. The van der Waals surface area contributed by atoms with E-state index in [9.17, 15) is 0 Å². The van der Waals surface area contributed by atoms with Crippen LogP contribution in [0.4, 0.5) is 11.6 Å². The number of nitrogens with two attached hydrogens (primary N) is 1. The third-order valence-electron chi connectivity index (χ3n) is 3.49. The average Bonchev–Trinajstić information content (AvgIpc) is 2.30. The van der Waals surface area contributed by atoms with Crippen molar-refractivity contribution in [2.75, 3.05) is 17.2 Å². The first-order valence-corrected chi connectivity index (χ1v) is 6.58. The number of nitrogen functional groups attached to an aromatic ring is 1. The van der Waals surface area contributed by atoms with Crippen LogP contribution in [0.25, 0.3) is 0 Å². The summed E-state index contributed by atoms with van der Waals surface area (Å²) < 4.78 is 0. The Balaban J connectivity index is 2.21. The third-order valence-corrected chi connectivity index (χ3v) is 3.49. The topological polar surface area (TPSA) is 55.0 Å². The molecule has 2 N–H and O–H groups in total. The van der Waals surface area contributed by atoms with Gasteiger partial charge in [0.25, 0.3) is 0 Å². The van der Waals surface area contributed by atoms with E-state index in [1.54, 1.807) is 0 Å². The van der Waals surface area contributed by atoms with Gasteiger partial charge < -0.3 is 10.6 Å². The van der Waals surface area contributed by atoms with E-state index in [2.05, 4.69) is 21.8 Å². The van der Waals surface area contributed by atoms with E-state index >= 15 is 0 Å². The quantitative estimate of drug-likeness (QED) is 0.873. The highest BCUT2D eigenvalue weighted by Gasteiger charge is 2.21. The predicted octanol–water partition coefficient (Wildman–Crippen LogP) is 2.53. The minimum absolute atomic E-state index is 0.571. The van der Waals surface area contributed by atoms with Crippen LogP contribution in [0.1, 0.15) is 44.9 Å². The summed E-state index contributed by atoms with van der Waals surface area (Å²) in [5.41, 5.74) is 5.80. The van der Waals surface area contributed by atoms with Crippen LogP contribution in [0.15, 0.2) is 6.07 Å². The van der Waals surface area contributed by atoms with Gasteiger partial charge in [-0.3, -0.25) is 0 Å². The average molecular weight is 234 g/mol. The molecule has 1 aromatic heterocycles. The fourth-order valence-corrected chi connectivity index (χ4v) is 2.72. The number of hydrogen-bond donors (Lipinski definition) is 1. The maximum atomic E-state index is 5.80. The lowest BCUT2D eigenvalue weighted by atomic mass is 9.94. The smallest absolute Gasteiger partial charge is 0.134 e. The lowest BCUT2D eigenvalue weighted by molar-refractivity contribution is 0.416. The number of rotatable bonds is 3. The Bertz CT molecular complexity index is 351. The van der Waals surface area contributed by atoms with E-state index in [0.29, 0.717) is 11.9 Å². The molecule has 4 heteroatoms. The Labute approximate surface area is 103 Å². The van der Waals surface area contributed by atoms with Crippen LogP contribution >= 0.6 is 0 Å². The van der Waals surface area contributed by atoms with E-state index in [1.807, 2.05) is 13.0 Å². The predicted molar refractivity (Wildman–Crippen MR) is 71.1 cm³/mol. The van der Waals surface area contributed by atoms with Crippen molar-refractivity contribution in [1.82, 2.24) is 9.97 Å². The molecule has 0 spiro atoms. The summed E-state index contributed by atoms with van der Waals surface area (Å²) in [5, 5.41) is 0. The third kappa shape index (κ3) is 2.87. The Hall–Kier alpha value is -1.32. The molecule has 94 valence electrons. The second-order valence-corrected chi connectivity index (χ2v) is 4.78. The van der Waals surface area contributed by atoms with Gasteiger partial charge in [-0.15, -0.1) is 0 Å². The first-order chi connectivity index (χ1) is 8.20. The van der Waals surface area contributed by atoms with Crippen molar-refractivity contribution in [3.05, 3.63) is 11.9 Å². The molecule has 1 aliphatic carbocycles. The zero-order valence-electron chi connectivity index (χ0n) is 10.8. The minimum atomic E-state index is 0.571. The van der Waals surface area contributed by atoms with Gasteiger partial charge >= 0.3 is 0 Å². The van der Waals surface area contributed by atoms with Crippen LogP contribution < -0.4 is 10.6 Å². The zero-order valence-corrected chi connectivity index (χ0v) is 10.8. The van der Waals surface area contributed by atoms with Gasteiger partial charge in [0.2, 0.25) is 0 Å². The van der Waals surface area contributed by atoms with Gasteiger partial charge in [-0.1, -0.05) is 19.3 Å². The van der Waals surface area contributed by atoms with E-state index in [0.717, 1.165) is 18.2 Å². The van der Waals surface area contributed by atoms with Gasteiger partial charge in [0.05, 0.1) is 0 Å². The summed E-state index contributed by atoms with van der Waals surface area (Å²) in [4.78, 5) is 11.0. The molecule has 0 bridgehead atoms. The van der Waals surface area contributed by atoms with E-state index < -0.39 is 0 Å². The molecule has 1 aliphatic rings. The van der Waals surface area contributed by atoms with Crippen molar-refractivity contribution < 1.29 is 0 Å². The Morgan fingerprint density at radius 3 is 2.59 bits per heavy atom. The van der Waals surface area contributed by atoms with Crippen LogP contribution in [0, 0.1) is 6.92 Å². The Morgan fingerprint density at radius 1 is 1.29 bits per heavy atom. The molecule has 0 radical (unpaired) electrons. The van der Waals surface area contributed by atoms with Crippen molar-refractivity contribution in [2.24, 2.45) is 0 Å². The summed E-state index contributed by atoms with van der Waals surface area (Å²) in [7, 11) is 0. The van der Waals surface area contributed by atoms with Crippen molar-refractivity contribution in [3.63, 3.8) is 0 Å². The molecular formula is C13H22N4. The summed E-state index contributed by atoms with van der Waals surface area (Å²) in [5.74, 6) is 2.32.